The SMILES string of the molecule is CC(c1ccc(F)cc1)C1[CH]CNCC1. The molecule has 1 saturated heterocycles. The third-order valence-corrected chi connectivity index (χ3v) is 3.26. The number of hydrogen-bond donors (Lipinski definition) is 1. The summed E-state index contributed by atoms with van der Waals surface area (Å²) in [6.07, 6.45) is 3.51. The Kier molecular flexibility index (Phi) is 3.37. The fraction of sp³-hybridized carbons (Fsp3) is 0.462. The van der Waals surface area contributed by atoms with E-state index in [1.165, 1.54) is 12.0 Å². The van der Waals surface area contributed by atoms with Gasteiger partial charge in [-0.2, -0.15) is 0 Å². The van der Waals surface area contributed by atoms with E-state index in [1.54, 1.807) is 12.1 Å². The minimum atomic E-state index is -0.153. The predicted molar refractivity (Wildman–Crippen MR) is 60.1 cm³/mol. The average Bonchev–Trinajstić information content (AvgIpc) is 2.30. The maximum absolute atomic E-state index is 12.8. The Bertz CT molecular complexity index is 301. The summed E-state index contributed by atoms with van der Waals surface area (Å²) in [5.41, 5.74) is 1.24. The zero-order valence-corrected chi connectivity index (χ0v) is 9.04. The molecule has 1 N–H and O–H groups in total. The third kappa shape index (κ3) is 2.57. The third-order valence-electron chi connectivity index (χ3n) is 3.26. The standard InChI is InChI=1S/C13H17FN/c1-10(12-6-8-15-9-7-12)11-2-4-13(14)5-3-11/h2-6,10,12,15H,7-9H2,1H3. The molecule has 2 rings (SSSR count). The summed E-state index contributed by atoms with van der Waals surface area (Å²) in [5, 5.41) is 3.31. The zero-order valence-electron chi connectivity index (χ0n) is 9.04. The van der Waals surface area contributed by atoms with Crippen molar-refractivity contribution >= 4 is 0 Å². The summed E-state index contributed by atoms with van der Waals surface area (Å²) in [4.78, 5) is 0. The van der Waals surface area contributed by atoms with Crippen molar-refractivity contribution in [3.05, 3.63) is 42.1 Å². The number of nitrogens with one attached hydrogen (secondary N) is 1. The highest BCUT2D eigenvalue weighted by atomic mass is 19.1. The van der Waals surface area contributed by atoms with Gasteiger partial charge >= 0.3 is 0 Å². The summed E-state index contributed by atoms with van der Waals surface area (Å²) >= 11 is 0. The first kappa shape index (κ1) is 10.6. The van der Waals surface area contributed by atoms with E-state index in [4.69, 9.17) is 0 Å². The number of halogens is 1. The minimum Gasteiger partial charge on any atom is -0.316 e. The van der Waals surface area contributed by atoms with Crippen LogP contribution in [0.3, 0.4) is 0 Å². The van der Waals surface area contributed by atoms with Crippen LogP contribution in [0.4, 0.5) is 4.39 Å². The quantitative estimate of drug-likeness (QED) is 0.784. The highest BCUT2D eigenvalue weighted by Gasteiger charge is 2.21. The molecule has 0 saturated carbocycles. The lowest BCUT2D eigenvalue weighted by molar-refractivity contribution is 0.406. The Morgan fingerprint density at radius 2 is 2.07 bits per heavy atom. The summed E-state index contributed by atoms with van der Waals surface area (Å²) in [7, 11) is 0. The van der Waals surface area contributed by atoms with E-state index in [0.29, 0.717) is 11.8 Å². The van der Waals surface area contributed by atoms with Gasteiger partial charge in [-0.05, 0) is 55.5 Å². The Balaban J connectivity index is 2.05. The van der Waals surface area contributed by atoms with Crippen LogP contribution in [0.1, 0.15) is 24.8 Å². The van der Waals surface area contributed by atoms with E-state index in [2.05, 4.69) is 18.7 Å². The molecule has 0 bridgehead atoms. The molecular weight excluding hydrogens is 189 g/mol. The van der Waals surface area contributed by atoms with E-state index >= 15 is 0 Å². The summed E-state index contributed by atoms with van der Waals surface area (Å²) in [6.45, 7) is 4.31. The Hall–Kier alpha value is -0.890. The van der Waals surface area contributed by atoms with Crippen LogP contribution < -0.4 is 5.32 Å². The lowest BCUT2D eigenvalue weighted by atomic mass is 9.82. The van der Waals surface area contributed by atoms with Gasteiger partial charge in [0.1, 0.15) is 5.82 Å². The van der Waals surface area contributed by atoms with Crippen LogP contribution in [0, 0.1) is 18.2 Å². The highest BCUT2D eigenvalue weighted by molar-refractivity contribution is 5.21. The van der Waals surface area contributed by atoms with Gasteiger partial charge in [0.2, 0.25) is 0 Å². The maximum atomic E-state index is 12.8. The molecule has 1 aromatic carbocycles. The van der Waals surface area contributed by atoms with Crippen molar-refractivity contribution in [2.24, 2.45) is 5.92 Å². The summed E-state index contributed by atoms with van der Waals surface area (Å²) in [6, 6.07) is 6.89. The van der Waals surface area contributed by atoms with Gasteiger partial charge in [-0.15, -0.1) is 0 Å². The zero-order chi connectivity index (χ0) is 10.7. The first-order chi connectivity index (χ1) is 7.27. The Labute approximate surface area is 90.7 Å². The Morgan fingerprint density at radius 1 is 1.33 bits per heavy atom. The number of benzene rings is 1. The van der Waals surface area contributed by atoms with Crippen LogP contribution in [0.15, 0.2) is 24.3 Å². The van der Waals surface area contributed by atoms with Crippen LogP contribution in [-0.2, 0) is 0 Å². The molecule has 15 heavy (non-hydrogen) atoms. The lowest BCUT2D eigenvalue weighted by Gasteiger charge is -2.28. The van der Waals surface area contributed by atoms with E-state index in [0.717, 1.165) is 13.1 Å². The van der Waals surface area contributed by atoms with Crippen molar-refractivity contribution in [3.63, 3.8) is 0 Å². The van der Waals surface area contributed by atoms with Gasteiger partial charge in [0.25, 0.3) is 0 Å². The molecule has 1 nitrogen and oxygen atoms in total. The van der Waals surface area contributed by atoms with Crippen LogP contribution in [0.5, 0.6) is 0 Å². The second-order valence-corrected chi connectivity index (χ2v) is 4.23. The van der Waals surface area contributed by atoms with Crippen LogP contribution >= 0.6 is 0 Å². The molecule has 2 heteroatoms. The van der Waals surface area contributed by atoms with Crippen molar-refractivity contribution < 1.29 is 4.39 Å². The van der Waals surface area contributed by atoms with Crippen molar-refractivity contribution in [1.29, 1.82) is 0 Å². The molecule has 0 aliphatic carbocycles. The molecule has 81 valence electrons. The van der Waals surface area contributed by atoms with Crippen molar-refractivity contribution in [2.75, 3.05) is 13.1 Å². The first-order valence-corrected chi connectivity index (χ1v) is 5.57. The second kappa shape index (κ2) is 4.75. The number of hydrogen-bond acceptors (Lipinski definition) is 1. The van der Waals surface area contributed by atoms with Crippen LogP contribution in [0.2, 0.25) is 0 Å². The summed E-state index contributed by atoms with van der Waals surface area (Å²) < 4.78 is 12.8. The molecule has 1 aromatic rings. The first-order valence-electron chi connectivity index (χ1n) is 5.57. The molecule has 1 fully saturated rings. The topological polar surface area (TPSA) is 12.0 Å². The van der Waals surface area contributed by atoms with Gasteiger partial charge in [0.15, 0.2) is 0 Å². The van der Waals surface area contributed by atoms with Crippen molar-refractivity contribution in [2.45, 2.75) is 19.3 Å². The Morgan fingerprint density at radius 3 is 2.67 bits per heavy atom. The second-order valence-electron chi connectivity index (χ2n) is 4.23. The monoisotopic (exact) mass is 206 g/mol. The van der Waals surface area contributed by atoms with Crippen molar-refractivity contribution in [1.82, 2.24) is 5.32 Å². The van der Waals surface area contributed by atoms with E-state index in [-0.39, 0.29) is 5.82 Å². The van der Waals surface area contributed by atoms with Gasteiger partial charge in [-0.1, -0.05) is 19.1 Å². The predicted octanol–water partition coefficient (Wildman–Crippen LogP) is 2.74. The van der Waals surface area contributed by atoms with E-state index in [9.17, 15) is 4.39 Å². The average molecular weight is 206 g/mol. The van der Waals surface area contributed by atoms with E-state index < -0.39 is 0 Å². The van der Waals surface area contributed by atoms with Crippen LogP contribution in [-0.4, -0.2) is 13.1 Å². The van der Waals surface area contributed by atoms with Crippen LogP contribution in [0.25, 0.3) is 0 Å². The molecule has 1 heterocycles. The molecule has 1 radical (unpaired) electrons. The molecule has 1 aliphatic rings. The van der Waals surface area contributed by atoms with Gasteiger partial charge in [-0.25, -0.2) is 4.39 Å². The maximum Gasteiger partial charge on any atom is 0.123 e. The molecule has 2 atom stereocenters. The molecule has 2 unspecified atom stereocenters. The molecule has 1 aliphatic heterocycles. The number of rotatable bonds is 2. The molecule has 0 spiro atoms. The highest BCUT2D eigenvalue weighted by Crippen LogP contribution is 2.29. The van der Waals surface area contributed by atoms with Gasteiger partial charge in [0, 0.05) is 0 Å². The fourth-order valence-electron chi connectivity index (χ4n) is 2.19. The van der Waals surface area contributed by atoms with Crippen molar-refractivity contribution in [3.8, 4) is 0 Å². The van der Waals surface area contributed by atoms with Gasteiger partial charge < -0.3 is 5.32 Å². The lowest BCUT2D eigenvalue weighted by Crippen LogP contribution is -2.30. The molecule has 0 aromatic heterocycles. The van der Waals surface area contributed by atoms with E-state index in [1.807, 2.05) is 12.1 Å². The fourth-order valence-corrected chi connectivity index (χ4v) is 2.19. The number of piperidine rings is 1. The largest absolute Gasteiger partial charge is 0.316 e. The summed E-state index contributed by atoms with van der Waals surface area (Å²) in [5.74, 6) is 0.963. The molecule has 0 amide bonds. The molecular formula is C13H17FN. The van der Waals surface area contributed by atoms with Gasteiger partial charge in [-0.3, -0.25) is 0 Å². The van der Waals surface area contributed by atoms with Gasteiger partial charge in [0.05, 0.1) is 0 Å². The smallest absolute Gasteiger partial charge is 0.123 e. The minimum absolute atomic E-state index is 0.153. The normalized spacial score (nSPS) is 20.1.